The molecule has 0 saturated carbocycles. The van der Waals surface area contributed by atoms with Crippen molar-refractivity contribution >= 4 is 17.4 Å². The molecule has 3 heteroatoms. The van der Waals surface area contributed by atoms with Crippen LogP contribution in [0.25, 0.3) is 0 Å². The van der Waals surface area contributed by atoms with Crippen molar-refractivity contribution in [2.45, 2.75) is 19.3 Å². The highest BCUT2D eigenvalue weighted by Crippen LogP contribution is 2.33. The van der Waals surface area contributed by atoms with E-state index in [0.717, 1.165) is 11.1 Å². The number of hydrogen-bond acceptors (Lipinski definition) is 2. The van der Waals surface area contributed by atoms with Gasteiger partial charge in [0.25, 0.3) is 0 Å². The number of fused-ring (bicyclic) bond motifs is 1. The second-order valence-electron chi connectivity index (χ2n) is 3.25. The highest BCUT2D eigenvalue weighted by molar-refractivity contribution is 6.33. The van der Waals surface area contributed by atoms with Crippen LogP contribution in [-0.2, 0) is 17.6 Å². The summed E-state index contributed by atoms with van der Waals surface area (Å²) in [6.45, 7) is 0. The van der Waals surface area contributed by atoms with E-state index < -0.39 is 0 Å². The largest absolute Gasteiger partial charge is 0.506 e. The third-order valence-corrected chi connectivity index (χ3v) is 2.78. The van der Waals surface area contributed by atoms with Crippen LogP contribution in [0.3, 0.4) is 0 Å². The van der Waals surface area contributed by atoms with Crippen molar-refractivity contribution in [3.63, 3.8) is 0 Å². The van der Waals surface area contributed by atoms with E-state index in [1.54, 1.807) is 12.1 Å². The van der Waals surface area contributed by atoms with Crippen molar-refractivity contribution in [1.29, 1.82) is 0 Å². The van der Waals surface area contributed by atoms with Gasteiger partial charge in [-0.3, -0.25) is 4.79 Å². The van der Waals surface area contributed by atoms with E-state index in [1.165, 1.54) is 0 Å². The molecule has 1 aromatic rings. The molecule has 0 atom stereocenters. The first kappa shape index (κ1) is 8.57. The Labute approximate surface area is 81.1 Å². The molecule has 0 heterocycles. The zero-order valence-corrected chi connectivity index (χ0v) is 7.77. The number of halogens is 1. The number of benzene rings is 1. The molecule has 68 valence electrons. The summed E-state index contributed by atoms with van der Waals surface area (Å²) in [5.74, 6) is 0.351. The monoisotopic (exact) mass is 196 g/mol. The first-order chi connectivity index (χ1) is 6.18. The topological polar surface area (TPSA) is 37.3 Å². The minimum absolute atomic E-state index is 0.106. The van der Waals surface area contributed by atoms with Crippen molar-refractivity contribution in [3.8, 4) is 5.75 Å². The lowest BCUT2D eigenvalue weighted by atomic mass is 9.91. The molecule has 2 rings (SSSR count). The first-order valence-electron chi connectivity index (χ1n) is 4.19. The molecule has 13 heavy (non-hydrogen) atoms. The predicted molar refractivity (Wildman–Crippen MR) is 50.1 cm³/mol. The minimum Gasteiger partial charge on any atom is -0.506 e. The van der Waals surface area contributed by atoms with Crippen LogP contribution < -0.4 is 0 Å². The number of carbonyl (C=O) groups excluding carboxylic acids is 1. The van der Waals surface area contributed by atoms with Gasteiger partial charge in [-0.1, -0.05) is 17.7 Å². The van der Waals surface area contributed by atoms with Gasteiger partial charge in [-0.2, -0.15) is 0 Å². The maximum absolute atomic E-state index is 11.1. The van der Waals surface area contributed by atoms with E-state index in [-0.39, 0.29) is 11.5 Å². The van der Waals surface area contributed by atoms with Gasteiger partial charge in [0.15, 0.2) is 0 Å². The lowest BCUT2D eigenvalue weighted by molar-refractivity contribution is -0.118. The van der Waals surface area contributed by atoms with Gasteiger partial charge in [-0.05, 0) is 23.6 Å². The molecular formula is C10H9ClO2. The average Bonchev–Trinajstić information content (AvgIpc) is 2.12. The van der Waals surface area contributed by atoms with Crippen LogP contribution in [0.5, 0.6) is 5.75 Å². The molecule has 1 N–H and O–H groups in total. The molecule has 0 radical (unpaired) electrons. The normalized spacial score (nSPS) is 15.6. The molecule has 1 aliphatic carbocycles. The van der Waals surface area contributed by atoms with Crippen LogP contribution in [0.4, 0.5) is 0 Å². The zero-order valence-electron chi connectivity index (χ0n) is 7.01. The molecule has 0 aliphatic heterocycles. The van der Waals surface area contributed by atoms with Gasteiger partial charge in [-0.25, -0.2) is 0 Å². The number of ketones is 1. The lowest BCUT2D eigenvalue weighted by Gasteiger charge is -2.16. The molecule has 0 bridgehead atoms. The summed E-state index contributed by atoms with van der Waals surface area (Å²) in [6, 6.07) is 3.31. The van der Waals surface area contributed by atoms with Gasteiger partial charge in [-0.15, -0.1) is 0 Å². The van der Waals surface area contributed by atoms with Crippen LogP contribution in [0, 0.1) is 0 Å². The minimum atomic E-state index is 0.106. The van der Waals surface area contributed by atoms with Gasteiger partial charge in [0.05, 0.1) is 5.02 Å². The summed E-state index contributed by atoms with van der Waals surface area (Å²) in [5, 5.41) is 9.73. The SMILES string of the molecule is O=C1CCc2c(ccc(O)c2Cl)C1. The highest BCUT2D eigenvalue weighted by Gasteiger charge is 2.19. The average molecular weight is 197 g/mol. The number of carbonyl (C=O) groups is 1. The van der Waals surface area contributed by atoms with Crippen molar-refractivity contribution in [2.24, 2.45) is 0 Å². The van der Waals surface area contributed by atoms with Crippen molar-refractivity contribution in [2.75, 3.05) is 0 Å². The van der Waals surface area contributed by atoms with Gasteiger partial charge < -0.3 is 5.11 Å². The van der Waals surface area contributed by atoms with Crippen LogP contribution in [0.15, 0.2) is 12.1 Å². The molecule has 1 aromatic carbocycles. The van der Waals surface area contributed by atoms with E-state index in [2.05, 4.69) is 0 Å². The van der Waals surface area contributed by atoms with Crippen molar-refractivity contribution < 1.29 is 9.90 Å². The number of rotatable bonds is 0. The Balaban J connectivity index is 2.53. The van der Waals surface area contributed by atoms with E-state index >= 15 is 0 Å². The molecule has 1 aliphatic rings. The summed E-state index contributed by atoms with van der Waals surface area (Å²) in [7, 11) is 0. The Bertz CT molecular complexity index is 371. The van der Waals surface area contributed by atoms with E-state index in [1.807, 2.05) is 0 Å². The van der Waals surface area contributed by atoms with Crippen LogP contribution in [-0.4, -0.2) is 10.9 Å². The third kappa shape index (κ3) is 1.42. The van der Waals surface area contributed by atoms with Gasteiger partial charge >= 0.3 is 0 Å². The van der Waals surface area contributed by atoms with Crippen LogP contribution >= 0.6 is 11.6 Å². The van der Waals surface area contributed by atoms with E-state index in [9.17, 15) is 9.90 Å². The fourth-order valence-corrected chi connectivity index (χ4v) is 1.93. The standard InChI is InChI=1S/C10H9ClO2/c11-10-8-3-2-7(12)5-6(8)1-4-9(10)13/h1,4,13H,2-3,5H2. The van der Waals surface area contributed by atoms with E-state index in [4.69, 9.17) is 11.6 Å². The van der Waals surface area contributed by atoms with E-state index in [0.29, 0.717) is 24.3 Å². The van der Waals surface area contributed by atoms with Crippen molar-refractivity contribution in [1.82, 2.24) is 0 Å². The fraction of sp³-hybridized carbons (Fsp3) is 0.300. The highest BCUT2D eigenvalue weighted by atomic mass is 35.5. The zero-order chi connectivity index (χ0) is 9.42. The van der Waals surface area contributed by atoms with Crippen molar-refractivity contribution in [3.05, 3.63) is 28.3 Å². The molecule has 0 aromatic heterocycles. The molecule has 0 amide bonds. The Morgan fingerprint density at radius 3 is 2.85 bits per heavy atom. The molecule has 0 saturated heterocycles. The molecule has 0 spiro atoms. The summed E-state index contributed by atoms with van der Waals surface area (Å²) in [6.07, 6.45) is 1.65. The van der Waals surface area contributed by atoms with Gasteiger partial charge in [0.1, 0.15) is 11.5 Å². The third-order valence-electron chi connectivity index (χ3n) is 2.36. The quantitative estimate of drug-likeness (QED) is 0.690. The summed E-state index contributed by atoms with van der Waals surface area (Å²) >= 11 is 5.90. The van der Waals surface area contributed by atoms with Crippen LogP contribution in [0.1, 0.15) is 17.5 Å². The second kappa shape index (κ2) is 3.04. The second-order valence-corrected chi connectivity index (χ2v) is 3.63. The maximum Gasteiger partial charge on any atom is 0.137 e. The van der Waals surface area contributed by atoms with Crippen LogP contribution in [0.2, 0.25) is 5.02 Å². The number of hydrogen-bond donors (Lipinski definition) is 1. The molecular weight excluding hydrogens is 188 g/mol. The molecule has 0 fully saturated rings. The summed E-state index contributed by atoms with van der Waals surface area (Å²) in [4.78, 5) is 11.1. The number of phenolic OH excluding ortho intramolecular Hbond substituents is 1. The first-order valence-corrected chi connectivity index (χ1v) is 4.57. The van der Waals surface area contributed by atoms with Gasteiger partial charge in [0.2, 0.25) is 0 Å². The molecule has 0 unspecified atom stereocenters. The Kier molecular flexibility index (Phi) is 2.00. The smallest absolute Gasteiger partial charge is 0.137 e. The molecule has 2 nitrogen and oxygen atoms in total. The fourth-order valence-electron chi connectivity index (χ4n) is 1.65. The Hall–Kier alpha value is -1.02. The number of phenols is 1. The number of aromatic hydroxyl groups is 1. The number of Topliss-reactive ketones (excluding diaryl/α,β-unsaturated/α-hetero) is 1. The lowest BCUT2D eigenvalue weighted by Crippen LogP contribution is -2.13. The maximum atomic E-state index is 11.1. The summed E-state index contributed by atoms with van der Waals surface area (Å²) < 4.78 is 0. The summed E-state index contributed by atoms with van der Waals surface area (Å²) in [5.41, 5.74) is 1.89. The predicted octanol–water partition coefficient (Wildman–Crippen LogP) is 2.10. The Morgan fingerprint density at radius 2 is 2.08 bits per heavy atom. The van der Waals surface area contributed by atoms with Gasteiger partial charge in [0, 0.05) is 12.8 Å². The Morgan fingerprint density at radius 1 is 1.31 bits per heavy atom.